The maximum atomic E-state index is 13.2. The van der Waals surface area contributed by atoms with E-state index >= 15 is 0 Å². The molecule has 1 fully saturated rings. The van der Waals surface area contributed by atoms with Crippen molar-refractivity contribution < 1.29 is 36.3 Å². The van der Waals surface area contributed by atoms with E-state index < -0.39 is 30.0 Å². The molecule has 1 aromatic heterocycles. The number of amides is 2. The third-order valence-corrected chi connectivity index (χ3v) is 6.93. The van der Waals surface area contributed by atoms with E-state index in [4.69, 9.17) is 11.6 Å². The zero-order valence-corrected chi connectivity index (χ0v) is 21.2. The van der Waals surface area contributed by atoms with E-state index in [2.05, 4.69) is 20.5 Å². The predicted octanol–water partition coefficient (Wildman–Crippen LogP) is 6.49. The van der Waals surface area contributed by atoms with Crippen LogP contribution in [0.2, 0.25) is 5.02 Å². The third kappa shape index (κ3) is 5.31. The summed E-state index contributed by atoms with van der Waals surface area (Å²) < 4.78 is 70.8. The molecule has 5 rings (SSSR count). The van der Waals surface area contributed by atoms with E-state index in [0.717, 1.165) is 0 Å². The number of nitrogens with zero attached hydrogens (tertiary/aromatic N) is 2. The summed E-state index contributed by atoms with van der Waals surface area (Å²) >= 11 is 6.24. The van der Waals surface area contributed by atoms with Crippen LogP contribution in [0, 0.1) is 5.41 Å². The van der Waals surface area contributed by atoms with Gasteiger partial charge in [-0.15, -0.1) is 0 Å². The highest BCUT2D eigenvalue weighted by molar-refractivity contribution is 6.34. The van der Waals surface area contributed by atoms with Gasteiger partial charge in [-0.25, -0.2) is 4.68 Å². The first-order chi connectivity index (χ1) is 19.0. The smallest absolute Gasteiger partial charge is 0.403 e. The third-order valence-electron chi connectivity index (χ3n) is 6.60. The molecule has 1 heterocycles. The predicted molar refractivity (Wildman–Crippen MR) is 137 cm³/mol. The summed E-state index contributed by atoms with van der Waals surface area (Å²) in [4.78, 5) is 25.3. The maximum Gasteiger partial charge on any atom is 0.403 e. The molecule has 0 spiro atoms. The number of hydrogen-bond acceptors (Lipinski definition) is 4. The van der Waals surface area contributed by atoms with Gasteiger partial charge in [0.2, 0.25) is 5.91 Å². The lowest BCUT2D eigenvalue weighted by molar-refractivity contribution is -0.192. The molecule has 4 aromatic rings. The largest absolute Gasteiger partial charge is 0.435 e. The van der Waals surface area contributed by atoms with E-state index in [1.807, 2.05) is 0 Å². The van der Waals surface area contributed by atoms with Crippen LogP contribution in [0.1, 0.15) is 28.8 Å². The lowest BCUT2D eigenvalue weighted by atomic mass is 10.1. The number of carbonyl (C=O) groups excluding carboxylic acids is 2. The Labute approximate surface area is 228 Å². The van der Waals surface area contributed by atoms with Gasteiger partial charge in [-0.05, 0) is 54.8 Å². The summed E-state index contributed by atoms with van der Waals surface area (Å²) in [6.07, 6.45) is -3.64. The van der Waals surface area contributed by atoms with Gasteiger partial charge in [0, 0.05) is 18.0 Å². The van der Waals surface area contributed by atoms with Gasteiger partial charge >= 0.3 is 12.8 Å². The van der Waals surface area contributed by atoms with Crippen molar-refractivity contribution in [3.8, 4) is 11.4 Å². The van der Waals surface area contributed by atoms with Crippen molar-refractivity contribution in [3.05, 3.63) is 83.0 Å². The van der Waals surface area contributed by atoms with Crippen molar-refractivity contribution in [3.63, 3.8) is 0 Å². The van der Waals surface area contributed by atoms with E-state index in [1.165, 1.54) is 47.3 Å². The van der Waals surface area contributed by atoms with E-state index in [0.29, 0.717) is 27.8 Å². The molecule has 1 aliphatic rings. The zero-order chi connectivity index (χ0) is 28.7. The topological polar surface area (TPSA) is 85.2 Å². The van der Waals surface area contributed by atoms with Gasteiger partial charge in [0.15, 0.2) is 0 Å². The van der Waals surface area contributed by atoms with Gasteiger partial charge in [-0.2, -0.15) is 27.1 Å². The number of alkyl halides is 5. The fourth-order valence-electron chi connectivity index (χ4n) is 4.32. The lowest BCUT2D eigenvalue weighted by Gasteiger charge is -2.18. The number of carbonyl (C=O) groups is 2. The van der Waals surface area contributed by atoms with Crippen molar-refractivity contribution in [2.45, 2.75) is 32.2 Å². The molecule has 1 saturated carbocycles. The minimum atomic E-state index is -4.63. The van der Waals surface area contributed by atoms with Crippen LogP contribution in [0.25, 0.3) is 16.6 Å². The monoisotopic (exact) mass is 578 g/mol. The SMILES string of the molecule is O=C(Nc1cccc2c1cnn2-c1cccc(OC(F)F)c1)c1cc(CNC(=O)C2(C(F)(F)F)CC2)ccc1Cl. The molecule has 1 aliphatic carbocycles. The second kappa shape index (κ2) is 10.4. The number of anilines is 1. The summed E-state index contributed by atoms with van der Waals surface area (Å²) in [5.74, 6) is -1.74. The van der Waals surface area contributed by atoms with Crippen molar-refractivity contribution in [2.75, 3.05) is 5.32 Å². The first-order valence-electron chi connectivity index (χ1n) is 12.0. The molecule has 0 aliphatic heterocycles. The molecule has 0 saturated heterocycles. The van der Waals surface area contributed by atoms with E-state index in [-0.39, 0.29) is 35.7 Å². The Bertz CT molecular complexity index is 1600. The van der Waals surface area contributed by atoms with Gasteiger partial charge in [0.1, 0.15) is 11.2 Å². The molecule has 208 valence electrons. The second-order valence-electron chi connectivity index (χ2n) is 9.20. The maximum absolute atomic E-state index is 13.2. The number of aromatic nitrogens is 2. The molecule has 0 atom stereocenters. The van der Waals surface area contributed by atoms with Crippen molar-refractivity contribution >= 4 is 40.0 Å². The standard InChI is InChI=1S/C27H20ClF5N4O3/c28-20-8-7-15(13-34-24(39)26(9-10-26)27(31,32)33)11-18(20)23(38)36-21-5-2-6-22-19(21)14-35-37(22)16-3-1-4-17(12-16)40-25(29)30/h1-8,11-12,14,25H,9-10,13H2,(H,34,39)(H,36,38). The summed E-state index contributed by atoms with van der Waals surface area (Å²) in [6, 6.07) is 15.3. The Kier molecular flexibility index (Phi) is 7.13. The Morgan fingerprint density at radius 2 is 1.82 bits per heavy atom. The number of benzene rings is 3. The van der Waals surface area contributed by atoms with Gasteiger partial charge in [-0.1, -0.05) is 29.8 Å². The summed E-state index contributed by atoms with van der Waals surface area (Å²) in [6.45, 7) is -3.20. The van der Waals surface area contributed by atoms with Crippen LogP contribution >= 0.6 is 11.6 Å². The minimum Gasteiger partial charge on any atom is -0.435 e. The van der Waals surface area contributed by atoms with Crippen LogP contribution < -0.4 is 15.4 Å². The molecule has 3 aromatic carbocycles. The number of nitrogens with one attached hydrogen (secondary N) is 2. The molecular formula is C27H20ClF5N4O3. The number of hydrogen-bond donors (Lipinski definition) is 2. The summed E-state index contributed by atoms with van der Waals surface area (Å²) in [5, 5.41) is 10.0. The van der Waals surface area contributed by atoms with Crippen molar-refractivity contribution in [2.24, 2.45) is 5.41 Å². The highest BCUT2D eigenvalue weighted by Gasteiger charge is 2.68. The van der Waals surface area contributed by atoms with Crippen LogP contribution in [-0.4, -0.2) is 34.4 Å². The molecule has 40 heavy (non-hydrogen) atoms. The van der Waals surface area contributed by atoms with Crippen LogP contribution in [0.15, 0.2) is 66.9 Å². The van der Waals surface area contributed by atoms with Gasteiger partial charge in [0.05, 0.1) is 33.7 Å². The van der Waals surface area contributed by atoms with Gasteiger partial charge < -0.3 is 15.4 Å². The Balaban J connectivity index is 1.34. The summed E-state index contributed by atoms with van der Waals surface area (Å²) in [7, 11) is 0. The first kappa shape index (κ1) is 27.4. The Hall–Kier alpha value is -4.19. The second-order valence-corrected chi connectivity index (χ2v) is 9.61. The molecule has 0 bridgehead atoms. The number of halogens is 6. The number of rotatable bonds is 8. The van der Waals surface area contributed by atoms with Crippen LogP contribution in [0.4, 0.5) is 27.6 Å². The van der Waals surface area contributed by atoms with E-state index in [9.17, 15) is 31.5 Å². The normalized spacial score (nSPS) is 14.3. The molecule has 7 nitrogen and oxygen atoms in total. The molecule has 0 unspecified atom stereocenters. The zero-order valence-electron chi connectivity index (χ0n) is 20.4. The molecule has 0 radical (unpaired) electrons. The minimum absolute atomic E-state index is 0.0444. The number of ether oxygens (including phenoxy) is 1. The molecular weight excluding hydrogens is 559 g/mol. The fraction of sp³-hybridized carbons (Fsp3) is 0.222. The van der Waals surface area contributed by atoms with E-state index in [1.54, 1.807) is 24.3 Å². The summed E-state index contributed by atoms with van der Waals surface area (Å²) in [5.41, 5.74) is -0.519. The van der Waals surface area contributed by atoms with Gasteiger partial charge in [-0.3, -0.25) is 9.59 Å². The molecule has 2 N–H and O–H groups in total. The highest BCUT2D eigenvalue weighted by atomic mass is 35.5. The van der Waals surface area contributed by atoms with Gasteiger partial charge in [0.25, 0.3) is 5.91 Å². The molecule has 13 heteroatoms. The molecule has 2 amide bonds. The van der Waals surface area contributed by atoms with Crippen molar-refractivity contribution in [1.29, 1.82) is 0 Å². The van der Waals surface area contributed by atoms with Crippen LogP contribution in [-0.2, 0) is 11.3 Å². The van der Waals surface area contributed by atoms with Crippen LogP contribution in [0.5, 0.6) is 5.75 Å². The van der Waals surface area contributed by atoms with Crippen LogP contribution in [0.3, 0.4) is 0 Å². The fourth-order valence-corrected chi connectivity index (χ4v) is 4.52. The number of fused-ring (bicyclic) bond motifs is 1. The first-order valence-corrected chi connectivity index (χ1v) is 12.3. The Morgan fingerprint density at radius 3 is 2.52 bits per heavy atom. The highest BCUT2D eigenvalue weighted by Crippen LogP contribution is 2.57. The Morgan fingerprint density at radius 1 is 1.07 bits per heavy atom. The average Bonchev–Trinajstić information content (AvgIpc) is 3.62. The van der Waals surface area contributed by atoms with Crippen molar-refractivity contribution in [1.82, 2.24) is 15.1 Å². The quantitative estimate of drug-likeness (QED) is 0.234. The lowest BCUT2D eigenvalue weighted by Crippen LogP contribution is -2.40. The average molecular weight is 579 g/mol.